The van der Waals surface area contributed by atoms with Gasteiger partial charge in [-0.15, -0.1) is 0 Å². The molecule has 4 heteroatoms. The van der Waals surface area contributed by atoms with Crippen LogP contribution in [-0.4, -0.2) is 9.97 Å². The van der Waals surface area contributed by atoms with Crippen LogP contribution < -0.4 is 0 Å². The topological polar surface area (TPSA) is 25.8 Å². The van der Waals surface area contributed by atoms with Crippen LogP contribution in [0.4, 0.5) is 0 Å². The van der Waals surface area contributed by atoms with Crippen molar-refractivity contribution in [1.82, 2.24) is 9.97 Å². The number of rotatable bonds is 1. The predicted molar refractivity (Wildman–Crippen MR) is 94.2 cm³/mol. The number of aromatic nitrogens is 2. The molecule has 2 aromatic carbocycles. The van der Waals surface area contributed by atoms with Gasteiger partial charge in [0, 0.05) is 17.7 Å². The highest BCUT2D eigenvalue weighted by atomic mass is 35.5. The van der Waals surface area contributed by atoms with Gasteiger partial charge in [-0.2, -0.15) is 0 Å². The minimum Gasteiger partial charge on any atom is -0.241 e. The number of hydrogen-bond donors (Lipinski definition) is 0. The quantitative estimate of drug-likeness (QED) is 0.588. The molecule has 0 saturated carbocycles. The summed E-state index contributed by atoms with van der Waals surface area (Å²) in [7, 11) is 0. The number of fused-ring (bicyclic) bond motifs is 3. The largest absolute Gasteiger partial charge is 0.241 e. The second-order valence-electron chi connectivity index (χ2n) is 5.81. The number of nitrogens with zero attached hydrogens (tertiary/aromatic N) is 2. The first-order valence-corrected chi connectivity index (χ1v) is 8.26. The van der Waals surface area contributed by atoms with Gasteiger partial charge in [0.25, 0.3) is 0 Å². The number of halogens is 2. The fraction of sp³-hybridized carbons (Fsp3) is 0.158. The fourth-order valence-electron chi connectivity index (χ4n) is 3.25. The third-order valence-electron chi connectivity index (χ3n) is 4.35. The van der Waals surface area contributed by atoms with E-state index in [9.17, 15) is 0 Å². The SMILES string of the molecule is Cc1ncc2c(n1)-c1ccccc1[C@@H](c1ccc(Cl)c(Cl)c1)C2. The lowest BCUT2D eigenvalue weighted by atomic mass is 9.78. The van der Waals surface area contributed by atoms with Crippen molar-refractivity contribution in [3.63, 3.8) is 0 Å². The van der Waals surface area contributed by atoms with Crippen molar-refractivity contribution in [3.05, 3.63) is 81.2 Å². The summed E-state index contributed by atoms with van der Waals surface area (Å²) in [5.74, 6) is 1.03. The van der Waals surface area contributed by atoms with Gasteiger partial charge in [0.1, 0.15) is 5.82 Å². The molecule has 3 aromatic rings. The van der Waals surface area contributed by atoms with Gasteiger partial charge in [0.15, 0.2) is 0 Å². The van der Waals surface area contributed by atoms with Crippen LogP contribution in [0.1, 0.15) is 28.4 Å². The molecule has 114 valence electrons. The van der Waals surface area contributed by atoms with Crippen molar-refractivity contribution in [1.29, 1.82) is 0 Å². The molecule has 1 heterocycles. The van der Waals surface area contributed by atoms with Crippen LogP contribution in [0.5, 0.6) is 0 Å². The van der Waals surface area contributed by atoms with E-state index in [4.69, 9.17) is 23.2 Å². The summed E-state index contributed by atoms with van der Waals surface area (Å²) < 4.78 is 0. The van der Waals surface area contributed by atoms with Gasteiger partial charge in [0.2, 0.25) is 0 Å². The van der Waals surface area contributed by atoms with Crippen LogP contribution in [0, 0.1) is 6.92 Å². The molecule has 1 aliphatic rings. The minimum atomic E-state index is 0.236. The summed E-state index contributed by atoms with van der Waals surface area (Å²) in [6, 6.07) is 14.3. The summed E-state index contributed by atoms with van der Waals surface area (Å²) >= 11 is 12.3. The Morgan fingerprint density at radius 2 is 1.87 bits per heavy atom. The van der Waals surface area contributed by atoms with Gasteiger partial charge >= 0.3 is 0 Å². The molecule has 23 heavy (non-hydrogen) atoms. The summed E-state index contributed by atoms with van der Waals surface area (Å²) in [5, 5.41) is 1.17. The number of aryl methyl sites for hydroxylation is 1. The Balaban J connectivity index is 1.90. The van der Waals surface area contributed by atoms with Crippen LogP contribution in [0.3, 0.4) is 0 Å². The van der Waals surface area contributed by atoms with Gasteiger partial charge in [-0.3, -0.25) is 0 Å². The third kappa shape index (κ3) is 2.52. The molecule has 0 amide bonds. The molecular weight excluding hydrogens is 327 g/mol. The lowest BCUT2D eigenvalue weighted by molar-refractivity contribution is 0.778. The second-order valence-corrected chi connectivity index (χ2v) is 6.62. The van der Waals surface area contributed by atoms with E-state index in [0.29, 0.717) is 10.0 Å². The molecule has 1 aromatic heterocycles. The summed E-state index contributed by atoms with van der Waals surface area (Å²) in [5.41, 5.74) is 5.83. The van der Waals surface area contributed by atoms with Gasteiger partial charge in [-0.1, -0.05) is 53.5 Å². The zero-order valence-electron chi connectivity index (χ0n) is 12.6. The molecule has 4 rings (SSSR count). The maximum atomic E-state index is 6.22. The van der Waals surface area contributed by atoms with Gasteiger partial charge < -0.3 is 0 Å². The number of hydrogen-bond acceptors (Lipinski definition) is 2. The van der Waals surface area contributed by atoms with E-state index in [1.807, 2.05) is 25.3 Å². The smallest absolute Gasteiger partial charge is 0.125 e. The van der Waals surface area contributed by atoms with Crippen molar-refractivity contribution in [2.24, 2.45) is 0 Å². The minimum absolute atomic E-state index is 0.236. The first kappa shape index (κ1) is 14.7. The summed E-state index contributed by atoms with van der Waals surface area (Å²) in [6.45, 7) is 1.92. The average molecular weight is 341 g/mol. The Morgan fingerprint density at radius 1 is 1.04 bits per heavy atom. The highest BCUT2D eigenvalue weighted by molar-refractivity contribution is 6.42. The van der Waals surface area contributed by atoms with Gasteiger partial charge in [-0.25, -0.2) is 9.97 Å². The molecular formula is C19H14Cl2N2. The van der Waals surface area contributed by atoms with Crippen LogP contribution in [0.2, 0.25) is 10.0 Å². The van der Waals surface area contributed by atoms with Crippen molar-refractivity contribution in [2.45, 2.75) is 19.3 Å². The van der Waals surface area contributed by atoms with E-state index in [-0.39, 0.29) is 5.92 Å². The zero-order chi connectivity index (χ0) is 16.0. The Labute approximate surface area is 145 Å². The van der Waals surface area contributed by atoms with Crippen molar-refractivity contribution in [2.75, 3.05) is 0 Å². The molecule has 0 radical (unpaired) electrons. The van der Waals surface area contributed by atoms with Crippen LogP contribution in [0.15, 0.2) is 48.7 Å². The van der Waals surface area contributed by atoms with E-state index in [1.54, 1.807) is 0 Å². The maximum Gasteiger partial charge on any atom is 0.125 e. The fourth-order valence-corrected chi connectivity index (χ4v) is 3.56. The van der Waals surface area contributed by atoms with E-state index >= 15 is 0 Å². The first-order valence-electron chi connectivity index (χ1n) is 7.50. The molecule has 2 nitrogen and oxygen atoms in total. The second kappa shape index (κ2) is 5.63. The Hall–Kier alpha value is -1.90. The normalized spacial score (nSPS) is 15.9. The Morgan fingerprint density at radius 3 is 2.70 bits per heavy atom. The van der Waals surface area contributed by atoms with E-state index < -0.39 is 0 Å². The standard InChI is InChI=1S/C19H14Cl2N2/c1-11-22-10-13-8-16(12-6-7-17(20)18(21)9-12)14-4-2-3-5-15(14)19(13)23-11/h2-7,9-10,16H,8H2,1H3/t16-/m1/s1. The van der Waals surface area contributed by atoms with E-state index in [1.165, 1.54) is 16.7 Å². The Kier molecular flexibility index (Phi) is 3.59. The van der Waals surface area contributed by atoms with Crippen molar-refractivity contribution >= 4 is 23.2 Å². The molecule has 0 aliphatic heterocycles. The van der Waals surface area contributed by atoms with Crippen LogP contribution in [-0.2, 0) is 6.42 Å². The molecule has 0 spiro atoms. The molecule has 1 atom stereocenters. The highest BCUT2D eigenvalue weighted by Crippen LogP contribution is 2.42. The predicted octanol–water partition coefficient (Wildman–Crippen LogP) is 5.45. The van der Waals surface area contributed by atoms with Gasteiger partial charge in [0.05, 0.1) is 15.7 Å². The first-order chi connectivity index (χ1) is 11.1. The highest BCUT2D eigenvalue weighted by Gasteiger charge is 2.27. The summed E-state index contributed by atoms with van der Waals surface area (Å²) in [6.07, 6.45) is 2.81. The molecule has 0 N–H and O–H groups in total. The molecule has 0 fully saturated rings. The average Bonchev–Trinajstić information content (AvgIpc) is 2.57. The monoisotopic (exact) mass is 340 g/mol. The van der Waals surface area contributed by atoms with Crippen molar-refractivity contribution < 1.29 is 0 Å². The lowest BCUT2D eigenvalue weighted by Gasteiger charge is -2.27. The van der Waals surface area contributed by atoms with Gasteiger partial charge in [-0.05, 0) is 42.2 Å². The number of benzene rings is 2. The van der Waals surface area contributed by atoms with Crippen LogP contribution in [0.25, 0.3) is 11.3 Å². The third-order valence-corrected chi connectivity index (χ3v) is 5.09. The Bertz CT molecular complexity index is 906. The maximum absolute atomic E-state index is 6.22. The molecule has 1 aliphatic carbocycles. The lowest BCUT2D eigenvalue weighted by Crippen LogP contribution is -2.14. The van der Waals surface area contributed by atoms with E-state index in [0.717, 1.165) is 23.5 Å². The molecule has 0 saturated heterocycles. The zero-order valence-corrected chi connectivity index (χ0v) is 14.1. The van der Waals surface area contributed by atoms with Crippen molar-refractivity contribution in [3.8, 4) is 11.3 Å². The summed E-state index contributed by atoms with van der Waals surface area (Å²) in [4.78, 5) is 9.02. The van der Waals surface area contributed by atoms with Crippen LogP contribution >= 0.6 is 23.2 Å². The van der Waals surface area contributed by atoms with E-state index in [2.05, 4.69) is 40.3 Å². The molecule has 0 bridgehead atoms. The molecule has 0 unspecified atom stereocenters.